The summed E-state index contributed by atoms with van der Waals surface area (Å²) in [7, 11) is 1.51. The summed E-state index contributed by atoms with van der Waals surface area (Å²) in [4.78, 5) is 21.3. The minimum absolute atomic E-state index is 0.0416. The maximum Gasteiger partial charge on any atom is 0.270 e. The third-order valence-electron chi connectivity index (χ3n) is 5.07. The van der Waals surface area contributed by atoms with Crippen LogP contribution in [0.2, 0.25) is 0 Å². The second-order valence-electron chi connectivity index (χ2n) is 6.97. The van der Waals surface area contributed by atoms with Gasteiger partial charge in [0.05, 0.1) is 12.6 Å². The van der Waals surface area contributed by atoms with Crippen LogP contribution in [0, 0.1) is 0 Å². The number of ether oxygens (including phenoxy) is 2. The second kappa shape index (κ2) is 8.53. The van der Waals surface area contributed by atoms with E-state index in [-0.39, 0.29) is 17.6 Å². The van der Waals surface area contributed by atoms with Gasteiger partial charge >= 0.3 is 0 Å². The highest BCUT2D eigenvalue weighted by Crippen LogP contribution is 2.32. The van der Waals surface area contributed by atoms with Gasteiger partial charge in [-0.3, -0.25) is 4.79 Å². The van der Waals surface area contributed by atoms with Gasteiger partial charge < -0.3 is 14.8 Å². The normalized spacial score (nSPS) is 15.8. The number of nitrogens with one attached hydrogen (secondary N) is 1. The van der Waals surface area contributed by atoms with E-state index in [1.165, 1.54) is 19.4 Å². The van der Waals surface area contributed by atoms with Gasteiger partial charge in [0, 0.05) is 48.0 Å². The zero-order valence-electron chi connectivity index (χ0n) is 16.1. The first kappa shape index (κ1) is 19.3. The summed E-state index contributed by atoms with van der Waals surface area (Å²) >= 11 is 0. The number of aromatic nitrogens is 2. The lowest BCUT2D eigenvalue weighted by molar-refractivity contribution is 0.0694. The van der Waals surface area contributed by atoms with E-state index >= 15 is 4.39 Å². The number of hydrogen-bond donors (Lipinski definition) is 1. The predicted molar refractivity (Wildman–Crippen MR) is 107 cm³/mol. The Labute approximate surface area is 168 Å². The highest BCUT2D eigenvalue weighted by atomic mass is 19.1. The van der Waals surface area contributed by atoms with Gasteiger partial charge in [-0.2, -0.15) is 0 Å². The van der Waals surface area contributed by atoms with Crippen LogP contribution in [-0.4, -0.2) is 42.2 Å². The molecule has 1 atom stereocenters. The Kier molecular flexibility index (Phi) is 5.67. The van der Waals surface area contributed by atoms with Crippen molar-refractivity contribution in [2.45, 2.75) is 25.1 Å². The zero-order chi connectivity index (χ0) is 20.2. The Hall–Kier alpha value is -3.06. The van der Waals surface area contributed by atoms with E-state index in [0.717, 1.165) is 12.8 Å². The first-order valence-electron chi connectivity index (χ1n) is 9.58. The van der Waals surface area contributed by atoms with Gasteiger partial charge in [0.1, 0.15) is 5.69 Å². The first-order chi connectivity index (χ1) is 14.2. The van der Waals surface area contributed by atoms with E-state index in [2.05, 4.69) is 15.3 Å². The zero-order valence-corrected chi connectivity index (χ0v) is 16.1. The number of fused-ring (bicyclic) bond motifs is 1. The maximum absolute atomic E-state index is 15.5. The molecule has 0 spiro atoms. The molecule has 0 radical (unpaired) electrons. The second-order valence-corrected chi connectivity index (χ2v) is 6.97. The van der Waals surface area contributed by atoms with Crippen molar-refractivity contribution in [1.82, 2.24) is 15.3 Å². The third-order valence-corrected chi connectivity index (χ3v) is 5.07. The Balaban J connectivity index is 1.69. The number of amides is 1. The van der Waals surface area contributed by atoms with Crippen molar-refractivity contribution >= 4 is 16.8 Å². The van der Waals surface area contributed by atoms with Crippen LogP contribution in [-0.2, 0) is 4.74 Å². The quantitative estimate of drug-likeness (QED) is 0.715. The molecular weight excluding hydrogens is 373 g/mol. The van der Waals surface area contributed by atoms with Gasteiger partial charge in [0.15, 0.2) is 6.17 Å². The number of para-hydroxylation sites is 1. The highest BCUT2D eigenvalue weighted by molar-refractivity contribution is 5.96. The Morgan fingerprint density at radius 3 is 2.76 bits per heavy atom. The summed E-state index contributed by atoms with van der Waals surface area (Å²) in [6, 6.07) is 12.1. The standard InChI is InChI=1S/C22H22FN3O3/c1-28-20-7-6-14(13-24-20)21(23)17-12-19(26-18-5-3-2-4-16(17)18)22(27)25-15-8-10-29-11-9-15/h2-7,12-13,15,21H,8-11H2,1H3,(H,25,27). The predicted octanol–water partition coefficient (Wildman–Crippen LogP) is 3.61. The summed E-state index contributed by atoms with van der Waals surface area (Å²) < 4.78 is 25.8. The van der Waals surface area contributed by atoms with Gasteiger partial charge in [0.25, 0.3) is 5.91 Å². The van der Waals surface area contributed by atoms with Crippen LogP contribution < -0.4 is 10.1 Å². The summed E-state index contributed by atoms with van der Waals surface area (Å²) in [5.74, 6) is 0.112. The van der Waals surface area contributed by atoms with Crippen LogP contribution in [0.1, 0.15) is 40.6 Å². The summed E-state index contributed by atoms with van der Waals surface area (Å²) in [6.07, 6.45) is 1.52. The summed E-state index contributed by atoms with van der Waals surface area (Å²) in [5.41, 5.74) is 1.55. The average molecular weight is 395 g/mol. The number of carbonyl (C=O) groups excluding carboxylic acids is 1. The fourth-order valence-electron chi connectivity index (χ4n) is 3.47. The van der Waals surface area contributed by atoms with Crippen molar-refractivity contribution in [3.05, 3.63) is 65.5 Å². The van der Waals surface area contributed by atoms with Crippen LogP contribution in [0.25, 0.3) is 10.9 Å². The molecule has 150 valence electrons. The smallest absolute Gasteiger partial charge is 0.270 e. The molecule has 4 rings (SSSR count). The van der Waals surface area contributed by atoms with E-state index < -0.39 is 6.17 Å². The molecule has 0 saturated carbocycles. The van der Waals surface area contributed by atoms with Crippen LogP contribution in [0.3, 0.4) is 0 Å². The van der Waals surface area contributed by atoms with Crippen LogP contribution in [0.4, 0.5) is 4.39 Å². The van der Waals surface area contributed by atoms with Gasteiger partial charge in [-0.05, 0) is 31.0 Å². The molecule has 1 fully saturated rings. The molecule has 1 saturated heterocycles. The van der Waals surface area contributed by atoms with Crippen LogP contribution >= 0.6 is 0 Å². The number of hydrogen-bond acceptors (Lipinski definition) is 5. The Morgan fingerprint density at radius 2 is 2.03 bits per heavy atom. The number of alkyl halides is 1. The molecular formula is C22H22FN3O3. The molecule has 2 aromatic heterocycles. The fourth-order valence-corrected chi connectivity index (χ4v) is 3.47. The minimum atomic E-state index is -1.45. The molecule has 7 heteroatoms. The fraction of sp³-hybridized carbons (Fsp3) is 0.318. The number of halogens is 1. The monoisotopic (exact) mass is 395 g/mol. The van der Waals surface area contributed by atoms with E-state index in [9.17, 15) is 4.79 Å². The molecule has 29 heavy (non-hydrogen) atoms. The molecule has 1 N–H and O–H groups in total. The SMILES string of the molecule is COc1ccc(C(F)c2cc(C(=O)NC3CCOCC3)nc3ccccc23)cn1. The van der Waals surface area contributed by atoms with E-state index in [4.69, 9.17) is 9.47 Å². The third kappa shape index (κ3) is 4.19. The Bertz CT molecular complexity index is 1000. The van der Waals surface area contributed by atoms with E-state index in [0.29, 0.717) is 41.1 Å². The van der Waals surface area contributed by atoms with Crippen LogP contribution in [0.5, 0.6) is 5.88 Å². The number of carbonyl (C=O) groups is 1. The maximum atomic E-state index is 15.5. The van der Waals surface area contributed by atoms with Gasteiger partial charge in [-0.25, -0.2) is 14.4 Å². The van der Waals surface area contributed by atoms with E-state index in [1.807, 2.05) is 12.1 Å². The molecule has 6 nitrogen and oxygen atoms in total. The molecule has 1 aliphatic rings. The molecule has 1 amide bonds. The molecule has 1 unspecified atom stereocenters. The summed E-state index contributed by atoms with van der Waals surface area (Å²) in [5, 5.41) is 3.65. The van der Waals surface area contributed by atoms with Crippen molar-refractivity contribution in [2.24, 2.45) is 0 Å². The Morgan fingerprint density at radius 1 is 1.24 bits per heavy atom. The molecule has 1 aromatic carbocycles. The van der Waals surface area contributed by atoms with Crippen molar-refractivity contribution in [3.63, 3.8) is 0 Å². The highest BCUT2D eigenvalue weighted by Gasteiger charge is 2.22. The number of pyridine rings is 2. The van der Waals surface area contributed by atoms with Gasteiger partial charge in [-0.1, -0.05) is 18.2 Å². The summed E-state index contributed by atoms with van der Waals surface area (Å²) in [6.45, 7) is 1.25. The van der Waals surface area contributed by atoms with Crippen molar-refractivity contribution in [3.8, 4) is 5.88 Å². The number of rotatable bonds is 5. The molecule has 0 aliphatic carbocycles. The van der Waals surface area contributed by atoms with Crippen molar-refractivity contribution in [1.29, 1.82) is 0 Å². The number of benzene rings is 1. The number of methoxy groups -OCH3 is 1. The molecule has 1 aliphatic heterocycles. The minimum Gasteiger partial charge on any atom is -0.481 e. The number of nitrogens with zero attached hydrogens (tertiary/aromatic N) is 2. The lowest BCUT2D eigenvalue weighted by atomic mass is 9.99. The lowest BCUT2D eigenvalue weighted by Gasteiger charge is -2.23. The first-order valence-corrected chi connectivity index (χ1v) is 9.58. The van der Waals surface area contributed by atoms with Crippen molar-refractivity contribution < 1.29 is 18.7 Å². The van der Waals surface area contributed by atoms with Crippen molar-refractivity contribution in [2.75, 3.05) is 20.3 Å². The largest absolute Gasteiger partial charge is 0.481 e. The van der Waals surface area contributed by atoms with Gasteiger partial charge in [-0.15, -0.1) is 0 Å². The molecule has 3 heterocycles. The van der Waals surface area contributed by atoms with E-state index in [1.54, 1.807) is 24.3 Å². The average Bonchev–Trinajstić information content (AvgIpc) is 2.78. The lowest BCUT2D eigenvalue weighted by Crippen LogP contribution is -2.39. The van der Waals surface area contributed by atoms with Crippen LogP contribution in [0.15, 0.2) is 48.7 Å². The molecule has 3 aromatic rings. The van der Waals surface area contributed by atoms with Gasteiger partial charge in [0.2, 0.25) is 5.88 Å². The molecule has 0 bridgehead atoms. The topological polar surface area (TPSA) is 73.3 Å².